The van der Waals surface area contributed by atoms with Crippen LogP contribution in [0.25, 0.3) is 21.3 Å². The quantitative estimate of drug-likeness (QED) is 0.308. The molecule has 1 fully saturated rings. The summed E-state index contributed by atoms with van der Waals surface area (Å²) in [7, 11) is -5.34. The smallest absolute Gasteiger partial charge is 0.404 e. The summed E-state index contributed by atoms with van der Waals surface area (Å²) in [6.07, 6.45) is -9.60. The first-order valence-electron chi connectivity index (χ1n) is 12.5. The maximum absolute atomic E-state index is 15.5. The summed E-state index contributed by atoms with van der Waals surface area (Å²) in [5.74, 6) is -7.34. The fourth-order valence-electron chi connectivity index (χ4n) is 4.27. The van der Waals surface area contributed by atoms with Gasteiger partial charge in [0.1, 0.15) is 22.2 Å². The number of benzene rings is 1. The molecule has 1 aliphatic heterocycles. The Kier molecular flexibility index (Phi) is 8.64. The summed E-state index contributed by atoms with van der Waals surface area (Å²) in [6.45, 7) is 3.24. The van der Waals surface area contributed by atoms with Crippen molar-refractivity contribution in [3.63, 3.8) is 0 Å². The average molecular weight is 678 g/mol. The van der Waals surface area contributed by atoms with Crippen LogP contribution in [0.1, 0.15) is 62.5 Å². The van der Waals surface area contributed by atoms with Crippen molar-refractivity contribution in [3.05, 3.63) is 35.1 Å². The lowest BCUT2D eigenvalue weighted by molar-refractivity contribution is -0.147. The van der Waals surface area contributed by atoms with Gasteiger partial charge in [0.15, 0.2) is 10.8 Å². The molecule has 1 aromatic carbocycles. The van der Waals surface area contributed by atoms with E-state index in [1.165, 1.54) is 25.5 Å². The van der Waals surface area contributed by atoms with E-state index < -0.39 is 103 Å². The minimum Gasteiger partial charge on any atom is -0.415 e. The van der Waals surface area contributed by atoms with E-state index in [9.17, 15) is 49.1 Å². The summed E-state index contributed by atoms with van der Waals surface area (Å²) in [4.78, 5) is 16.2. The number of aliphatic hydroxyl groups is 1. The lowest BCUT2D eigenvalue weighted by Crippen LogP contribution is -2.43. The van der Waals surface area contributed by atoms with Gasteiger partial charge in [-0.15, -0.1) is 21.5 Å². The molecule has 0 saturated carbocycles. The summed E-state index contributed by atoms with van der Waals surface area (Å²) < 4.78 is 143. The molecule has 1 amide bonds. The number of carbonyl (C=O) groups is 1. The second-order valence-corrected chi connectivity index (χ2v) is 13.2. The Morgan fingerprint density at radius 3 is 2.36 bits per heavy atom. The van der Waals surface area contributed by atoms with Crippen molar-refractivity contribution in [1.82, 2.24) is 24.8 Å². The number of nitrogens with one attached hydrogen (secondary N) is 1. The molecule has 0 bridgehead atoms. The Morgan fingerprint density at radius 2 is 1.86 bits per heavy atom. The largest absolute Gasteiger partial charge is 0.415 e. The summed E-state index contributed by atoms with van der Waals surface area (Å²) in [5.41, 5.74) is -4.78. The maximum atomic E-state index is 15.5. The highest BCUT2D eigenvalue weighted by atomic mass is 32.2. The SMILES string of the molecule is CC1CC(F)(F)CN1C(=O)c1nc(-c2nnc(C(C)(C)O)o2)sc1-c1ccc(S(=O)(=O)NC(C)C(F)(F)F)c(F)c1C(F)F. The second-order valence-electron chi connectivity index (χ2n) is 10.5. The minimum absolute atomic E-state index is 0.320. The summed E-state index contributed by atoms with van der Waals surface area (Å²) >= 11 is 0.408. The number of rotatable bonds is 8. The summed E-state index contributed by atoms with van der Waals surface area (Å²) in [6, 6.07) is -2.70. The number of likely N-dealkylation sites (tertiary alicyclic amines) is 1. The van der Waals surface area contributed by atoms with Gasteiger partial charge in [0, 0.05) is 18.0 Å². The molecule has 2 atom stereocenters. The number of hydrogen-bond acceptors (Lipinski definition) is 9. The number of nitrogens with zero attached hydrogens (tertiary/aromatic N) is 4. The molecule has 2 N–H and O–H groups in total. The van der Waals surface area contributed by atoms with Crippen LogP contribution in [0.15, 0.2) is 21.4 Å². The van der Waals surface area contributed by atoms with Crippen LogP contribution in [0.3, 0.4) is 0 Å². The second kappa shape index (κ2) is 11.3. The molecule has 44 heavy (non-hydrogen) atoms. The van der Waals surface area contributed by atoms with Crippen LogP contribution in [0.5, 0.6) is 0 Å². The topological polar surface area (TPSA) is 139 Å². The first-order chi connectivity index (χ1) is 20.0. The zero-order valence-corrected chi connectivity index (χ0v) is 24.6. The predicted octanol–water partition coefficient (Wildman–Crippen LogP) is 5.26. The number of halogens is 8. The van der Waals surface area contributed by atoms with Crippen LogP contribution in [0.2, 0.25) is 0 Å². The standard InChI is InChI=1S/C24H23F8N5O5S2/c1-9-7-23(28,29)8-37(9)20(38)15-16(43-19(33-15)18-34-35-21(42-18)22(3,4)39)11-5-6-12(14(25)13(11)17(26)27)44(40,41)36-10(2)24(30,31)32/h5-6,9-10,17,36,39H,7-8H2,1-4H3. The van der Waals surface area contributed by atoms with Gasteiger partial charge >= 0.3 is 6.18 Å². The molecule has 4 rings (SSSR count). The molecule has 1 aliphatic rings. The Bertz CT molecular complexity index is 1680. The fraction of sp³-hybridized carbons (Fsp3) is 0.500. The van der Waals surface area contributed by atoms with Crippen LogP contribution < -0.4 is 4.72 Å². The zero-order chi connectivity index (χ0) is 33.2. The molecule has 3 aromatic rings. The van der Waals surface area contributed by atoms with Crippen molar-refractivity contribution in [2.24, 2.45) is 0 Å². The molecule has 242 valence electrons. The predicted molar refractivity (Wildman–Crippen MR) is 137 cm³/mol. The van der Waals surface area contributed by atoms with Crippen LogP contribution in [0, 0.1) is 5.82 Å². The van der Waals surface area contributed by atoms with E-state index in [2.05, 4.69) is 15.2 Å². The number of aromatic nitrogens is 3. The van der Waals surface area contributed by atoms with Gasteiger partial charge in [-0.1, -0.05) is 6.07 Å². The summed E-state index contributed by atoms with van der Waals surface area (Å²) in [5, 5.41) is 17.1. The Balaban J connectivity index is 1.91. The molecule has 2 aromatic heterocycles. The Hall–Kier alpha value is -3.23. The normalized spacial score (nSPS) is 18.3. The Labute approximate surface area is 248 Å². The molecule has 3 heterocycles. The molecule has 0 spiro atoms. The van der Waals surface area contributed by atoms with E-state index in [1.807, 2.05) is 0 Å². The number of amides is 1. The fourth-order valence-corrected chi connectivity index (χ4v) is 6.61. The Morgan fingerprint density at radius 1 is 1.23 bits per heavy atom. The van der Waals surface area contributed by atoms with E-state index >= 15 is 4.39 Å². The van der Waals surface area contributed by atoms with Crippen molar-refractivity contribution < 1.29 is 57.9 Å². The van der Waals surface area contributed by atoms with Gasteiger partial charge in [-0.3, -0.25) is 4.79 Å². The van der Waals surface area contributed by atoms with Crippen molar-refractivity contribution in [2.45, 2.75) is 75.2 Å². The highest BCUT2D eigenvalue weighted by Crippen LogP contribution is 2.44. The van der Waals surface area contributed by atoms with E-state index in [4.69, 9.17) is 4.42 Å². The van der Waals surface area contributed by atoms with Crippen molar-refractivity contribution in [3.8, 4) is 21.3 Å². The molecule has 2 unspecified atom stereocenters. The number of hydrogen-bond donors (Lipinski definition) is 2. The van der Waals surface area contributed by atoms with E-state index in [0.29, 0.717) is 30.4 Å². The van der Waals surface area contributed by atoms with Gasteiger partial charge < -0.3 is 14.4 Å². The average Bonchev–Trinajstić information content (AvgIpc) is 3.58. The maximum Gasteiger partial charge on any atom is 0.404 e. The third-order valence-corrected chi connectivity index (χ3v) is 9.10. The van der Waals surface area contributed by atoms with E-state index in [1.54, 1.807) is 0 Å². The molecule has 1 saturated heterocycles. The van der Waals surface area contributed by atoms with Gasteiger partial charge in [-0.2, -0.15) is 17.9 Å². The first-order valence-corrected chi connectivity index (χ1v) is 14.8. The lowest BCUT2D eigenvalue weighted by atomic mass is 10.0. The molecule has 0 radical (unpaired) electrons. The van der Waals surface area contributed by atoms with Crippen LogP contribution in [0.4, 0.5) is 35.1 Å². The first kappa shape index (κ1) is 33.7. The van der Waals surface area contributed by atoms with Crippen LogP contribution in [-0.2, 0) is 15.6 Å². The number of thiazole rings is 1. The molecule has 0 aliphatic carbocycles. The molecule has 20 heteroatoms. The monoisotopic (exact) mass is 677 g/mol. The van der Waals surface area contributed by atoms with Crippen molar-refractivity contribution >= 4 is 27.3 Å². The van der Waals surface area contributed by atoms with Crippen molar-refractivity contribution in [1.29, 1.82) is 0 Å². The van der Waals surface area contributed by atoms with Crippen LogP contribution in [-0.4, -0.2) is 70.2 Å². The van der Waals surface area contributed by atoms with Gasteiger partial charge in [-0.25, -0.2) is 35.4 Å². The highest BCUT2D eigenvalue weighted by molar-refractivity contribution is 7.89. The van der Waals surface area contributed by atoms with Gasteiger partial charge in [0.05, 0.1) is 17.0 Å². The third kappa shape index (κ3) is 6.57. The number of alkyl halides is 7. The lowest BCUT2D eigenvalue weighted by Gasteiger charge is -2.21. The van der Waals surface area contributed by atoms with Gasteiger partial charge in [0.25, 0.3) is 24.1 Å². The number of sulfonamides is 1. The molecular formula is C24H23F8N5O5S2. The van der Waals surface area contributed by atoms with Gasteiger partial charge in [-0.05, 0) is 33.8 Å². The highest BCUT2D eigenvalue weighted by Gasteiger charge is 2.46. The van der Waals surface area contributed by atoms with E-state index in [0.717, 1.165) is 4.90 Å². The third-order valence-electron chi connectivity index (χ3n) is 6.47. The van der Waals surface area contributed by atoms with Gasteiger partial charge in [0.2, 0.25) is 15.9 Å². The van der Waals surface area contributed by atoms with Crippen molar-refractivity contribution in [2.75, 3.05) is 6.54 Å². The molecule has 10 nitrogen and oxygen atoms in total. The minimum atomic E-state index is -5.34. The molecular weight excluding hydrogens is 654 g/mol. The van der Waals surface area contributed by atoms with Crippen LogP contribution >= 0.6 is 11.3 Å². The zero-order valence-electron chi connectivity index (χ0n) is 23.0. The number of carbonyl (C=O) groups excluding carboxylic acids is 1. The van der Waals surface area contributed by atoms with E-state index in [-0.39, 0.29) is 10.9 Å².